The second-order valence-corrected chi connectivity index (χ2v) is 8.92. The van der Waals surface area contributed by atoms with Gasteiger partial charge in [-0.25, -0.2) is 4.98 Å². The van der Waals surface area contributed by atoms with Crippen LogP contribution in [-0.4, -0.2) is 67.6 Å². The number of likely N-dealkylation sites (tertiary alicyclic amines) is 1. The van der Waals surface area contributed by atoms with E-state index in [0.717, 1.165) is 67.1 Å². The van der Waals surface area contributed by atoms with Gasteiger partial charge in [0, 0.05) is 31.7 Å². The molecule has 9 heteroatoms. The highest BCUT2D eigenvalue weighted by Crippen LogP contribution is 2.40. The van der Waals surface area contributed by atoms with E-state index in [4.69, 9.17) is 18.9 Å². The van der Waals surface area contributed by atoms with Gasteiger partial charge in [0.15, 0.2) is 11.5 Å². The number of rotatable bonds is 8. The molecule has 2 aromatic carbocycles. The number of aromatic nitrogens is 2. The first kappa shape index (κ1) is 23.4. The van der Waals surface area contributed by atoms with Gasteiger partial charge in [0.1, 0.15) is 19.0 Å². The molecule has 2 aliphatic heterocycles. The van der Waals surface area contributed by atoms with Crippen LogP contribution in [0.4, 0.5) is 0 Å². The van der Waals surface area contributed by atoms with E-state index in [1.807, 2.05) is 30.3 Å². The Bertz CT molecular complexity index is 1220. The van der Waals surface area contributed by atoms with Crippen LogP contribution in [0, 0.1) is 0 Å². The SMILES string of the molecule is COc1ccc2ncc(=O)n(CCN3CCC(NCc4cc(OC)c5c(c4)OCCO5)CC3)c2c1. The summed E-state index contributed by atoms with van der Waals surface area (Å²) in [6.45, 7) is 5.27. The zero-order valence-corrected chi connectivity index (χ0v) is 20.3. The van der Waals surface area contributed by atoms with Crippen LogP contribution in [0.5, 0.6) is 23.0 Å². The lowest BCUT2D eigenvalue weighted by molar-refractivity contribution is 0.164. The van der Waals surface area contributed by atoms with Crippen LogP contribution in [0.3, 0.4) is 0 Å². The van der Waals surface area contributed by atoms with Crippen molar-refractivity contribution in [1.29, 1.82) is 0 Å². The average molecular weight is 481 g/mol. The lowest BCUT2D eigenvalue weighted by Crippen LogP contribution is -2.43. The third-order valence-corrected chi connectivity index (χ3v) is 6.76. The molecule has 0 unspecified atom stereocenters. The molecule has 0 aliphatic carbocycles. The first-order valence-electron chi connectivity index (χ1n) is 12.1. The average Bonchev–Trinajstić information content (AvgIpc) is 2.91. The first-order chi connectivity index (χ1) is 17.1. The van der Waals surface area contributed by atoms with E-state index in [-0.39, 0.29) is 5.56 Å². The molecule has 0 atom stereocenters. The lowest BCUT2D eigenvalue weighted by Gasteiger charge is -2.32. The second-order valence-electron chi connectivity index (χ2n) is 8.92. The summed E-state index contributed by atoms with van der Waals surface area (Å²) < 4.78 is 24.1. The third kappa shape index (κ3) is 5.21. The molecule has 0 saturated carbocycles. The highest BCUT2D eigenvalue weighted by molar-refractivity contribution is 5.76. The molecule has 2 aliphatic rings. The fourth-order valence-electron chi connectivity index (χ4n) is 4.79. The predicted molar refractivity (Wildman–Crippen MR) is 133 cm³/mol. The van der Waals surface area contributed by atoms with Crippen molar-refractivity contribution in [3.8, 4) is 23.0 Å². The zero-order chi connectivity index (χ0) is 24.2. The van der Waals surface area contributed by atoms with Crippen molar-refractivity contribution in [3.63, 3.8) is 0 Å². The largest absolute Gasteiger partial charge is 0.497 e. The maximum atomic E-state index is 12.5. The maximum Gasteiger partial charge on any atom is 0.269 e. The zero-order valence-electron chi connectivity index (χ0n) is 20.3. The highest BCUT2D eigenvalue weighted by atomic mass is 16.6. The van der Waals surface area contributed by atoms with E-state index in [1.54, 1.807) is 18.8 Å². The smallest absolute Gasteiger partial charge is 0.269 e. The minimum absolute atomic E-state index is 0.0860. The van der Waals surface area contributed by atoms with Crippen molar-refractivity contribution in [2.75, 3.05) is 47.1 Å². The van der Waals surface area contributed by atoms with Crippen molar-refractivity contribution in [2.45, 2.75) is 32.0 Å². The van der Waals surface area contributed by atoms with Crippen LogP contribution < -0.4 is 29.8 Å². The molecule has 1 fully saturated rings. The molecule has 0 amide bonds. The molecule has 1 aromatic heterocycles. The van der Waals surface area contributed by atoms with Crippen LogP contribution >= 0.6 is 0 Å². The Morgan fingerprint density at radius 2 is 1.89 bits per heavy atom. The van der Waals surface area contributed by atoms with Crippen LogP contribution in [0.25, 0.3) is 11.0 Å². The van der Waals surface area contributed by atoms with Gasteiger partial charge in [-0.1, -0.05) is 0 Å². The molecule has 35 heavy (non-hydrogen) atoms. The molecule has 0 spiro atoms. The van der Waals surface area contributed by atoms with Crippen LogP contribution in [0.15, 0.2) is 41.3 Å². The molecule has 5 rings (SSSR count). The number of hydrogen-bond donors (Lipinski definition) is 1. The van der Waals surface area contributed by atoms with E-state index < -0.39 is 0 Å². The van der Waals surface area contributed by atoms with Crippen molar-refractivity contribution < 1.29 is 18.9 Å². The van der Waals surface area contributed by atoms with Crippen molar-refractivity contribution in [1.82, 2.24) is 19.8 Å². The maximum absolute atomic E-state index is 12.5. The minimum Gasteiger partial charge on any atom is -0.497 e. The number of nitrogens with zero attached hydrogens (tertiary/aromatic N) is 3. The molecule has 9 nitrogen and oxygen atoms in total. The summed E-state index contributed by atoms with van der Waals surface area (Å²) in [4.78, 5) is 19.2. The molecule has 0 radical (unpaired) electrons. The summed E-state index contributed by atoms with van der Waals surface area (Å²) in [7, 11) is 3.28. The molecule has 3 aromatic rings. The van der Waals surface area contributed by atoms with Crippen molar-refractivity contribution in [3.05, 3.63) is 52.4 Å². The Balaban J connectivity index is 1.15. The molecular formula is C26H32N4O5. The number of methoxy groups -OCH3 is 2. The molecule has 1 saturated heterocycles. The van der Waals surface area contributed by atoms with E-state index in [2.05, 4.69) is 15.2 Å². The van der Waals surface area contributed by atoms with E-state index in [0.29, 0.717) is 37.3 Å². The first-order valence-corrected chi connectivity index (χ1v) is 12.1. The number of hydrogen-bond acceptors (Lipinski definition) is 8. The van der Waals surface area contributed by atoms with E-state index in [1.165, 1.54) is 6.20 Å². The summed E-state index contributed by atoms with van der Waals surface area (Å²) in [5.74, 6) is 2.88. The second kappa shape index (κ2) is 10.5. The van der Waals surface area contributed by atoms with Gasteiger partial charge in [-0.15, -0.1) is 0 Å². The van der Waals surface area contributed by atoms with Gasteiger partial charge < -0.3 is 33.7 Å². The molecule has 1 N–H and O–H groups in total. The molecule has 0 bridgehead atoms. The van der Waals surface area contributed by atoms with Crippen molar-refractivity contribution in [2.24, 2.45) is 0 Å². The number of benzene rings is 2. The predicted octanol–water partition coefficient (Wildman–Crippen LogP) is 2.44. The monoisotopic (exact) mass is 480 g/mol. The van der Waals surface area contributed by atoms with E-state index in [9.17, 15) is 4.79 Å². The molecule has 3 heterocycles. The minimum atomic E-state index is -0.0860. The van der Waals surface area contributed by atoms with Crippen molar-refractivity contribution >= 4 is 11.0 Å². The van der Waals surface area contributed by atoms with Crippen LogP contribution in [0.1, 0.15) is 18.4 Å². The Morgan fingerprint density at radius 1 is 1.06 bits per heavy atom. The highest BCUT2D eigenvalue weighted by Gasteiger charge is 2.21. The van der Waals surface area contributed by atoms with Crippen LogP contribution in [-0.2, 0) is 13.1 Å². The number of fused-ring (bicyclic) bond motifs is 2. The summed E-state index contributed by atoms with van der Waals surface area (Å²) in [6, 6.07) is 10.1. The van der Waals surface area contributed by atoms with Gasteiger partial charge in [0.2, 0.25) is 5.75 Å². The van der Waals surface area contributed by atoms with Gasteiger partial charge in [-0.05, 0) is 55.8 Å². The fourth-order valence-corrected chi connectivity index (χ4v) is 4.79. The Labute approximate surface area is 204 Å². The summed E-state index contributed by atoms with van der Waals surface area (Å²) >= 11 is 0. The van der Waals surface area contributed by atoms with Gasteiger partial charge in [0.25, 0.3) is 5.56 Å². The number of ether oxygens (including phenoxy) is 4. The Morgan fingerprint density at radius 3 is 2.69 bits per heavy atom. The van der Waals surface area contributed by atoms with E-state index >= 15 is 0 Å². The summed E-state index contributed by atoms with van der Waals surface area (Å²) in [6.07, 6.45) is 3.51. The lowest BCUT2D eigenvalue weighted by atomic mass is 10.0. The number of nitrogens with one attached hydrogen (secondary N) is 1. The standard InChI is InChI=1S/C26H32N4O5/c1-32-20-3-4-21-22(15-20)30(25(31)17-28-21)10-9-29-7-5-19(6-8-29)27-16-18-13-23(33-2)26-24(14-18)34-11-12-35-26/h3-4,13-15,17,19,27H,5-12,16H2,1-2H3. The topological polar surface area (TPSA) is 87.1 Å². The quantitative estimate of drug-likeness (QED) is 0.526. The van der Waals surface area contributed by atoms with Crippen LogP contribution in [0.2, 0.25) is 0 Å². The molecule has 186 valence electrons. The van der Waals surface area contributed by atoms with Gasteiger partial charge >= 0.3 is 0 Å². The normalized spacial score (nSPS) is 16.4. The summed E-state index contributed by atoms with van der Waals surface area (Å²) in [5, 5.41) is 3.68. The Hall–Kier alpha value is -3.30. The summed E-state index contributed by atoms with van der Waals surface area (Å²) in [5.41, 5.74) is 2.64. The van der Waals surface area contributed by atoms with Gasteiger partial charge in [-0.2, -0.15) is 0 Å². The Kier molecular flexibility index (Phi) is 7.06. The van der Waals surface area contributed by atoms with Gasteiger partial charge in [-0.3, -0.25) is 4.79 Å². The molecular weight excluding hydrogens is 448 g/mol. The fraction of sp³-hybridized carbons (Fsp3) is 0.462. The third-order valence-electron chi connectivity index (χ3n) is 6.76. The number of piperidine rings is 1. The van der Waals surface area contributed by atoms with Gasteiger partial charge in [0.05, 0.1) is 31.4 Å².